The van der Waals surface area contributed by atoms with Crippen molar-refractivity contribution >= 4 is 7.12 Å². The van der Waals surface area contributed by atoms with Crippen LogP contribution in [0.5, 0.6) is 0 Å². The standard InChI is InChI=1S/C7H11BF4O3/c9-5-3-4(8(13)14)1-2-6(5)15-7(10,11)12/h4-6,13-14H,1-3H2. The Bertz CT molecular complexity index is 211. The van der Waals surface area contributed by atoms with Gasteiger partial charge in [0.25, 0.3) is 0 Å². The van der Waals surface area contributed by atoms with Crippen molar-refractivity contribution in [2.45, 2.75) is 43.7 Å². The van der Waals surface area contributed by atoms with Crippen molar-refractivity contribution in [1.29, 1.82) is 0 Å². The van der Waals surface area contributed by atoms with Crippen molar-refractivity contribution < 1.29 is 32.3 Å². The summed E-state index contributed by atoms with van der Waals surface area (Å²) in [7, 11) is -1.69. The van der Waals surface area contributed by atoms with Crippen LogP contribution in [0.2, 0.25) is 5.82 Å². The summed E-state index contributed by atoms with van der Waals surface area (Å²) in [5.74, 6) is -0.715. The van der Waals surface area contributed by atoms with Crippen LogP contribution in [-0.2, 0) is 4.74 Å². The highest BCUT2D eigenvalue weighted by molar-refractivity contribution is 6.43. The Kier molecular flexibility index (Phi) is 3.96. The quantitative estimate of drug-likeness (QED) is 0.554. The molecule has 1 aliphatic rings. The van der Waals surface area contributed by atoms with Gasteiger partial charge in [-0.15, -0.1) is 13.2 Å². The third kappa shape index (κ3) is 3.96. The molecule has 1 rings (SSSR count). The van der Waals surface area contributed by atoms with Gasteiger partial charge >= 0.3 is 13.5 Å². The number of alkyl halides is 4. The fourth-order valence-corrected chi connectivity index (χ4v) is 1.69. The van der Waals surface area contributed by atoms with Crippen molar-refractivity contribution in [2.75, 3.05) is 0 Å². The zero-order chi connectivity index (χ0) is 11.6. The molecule has 2 N–H and O–H groups in total. The summed E-state index contributed by atoms with van der Waals surface area (Å²) in [6.45, 7) is 0. The molecule has 1 saturated carbocycles. The Labute approximate surface area is 84.2 Å². The van der Waals surface area contributed by atoms with Crippen molar-refractivity contribution in [3.8, 4) is 0 Å². The third-order valence-electron chi connectivity index (χ3n) is 2.46. The Hall–Kier alpha value is -0.335. The van der Waals surface area contributed by atoms with Gasteiger partial charge in [-0.3, -0.25) is 4.74 Å². The van der Waals surface area contributed by atoms with Gasteiger partial charge in [-0.1, -0.05) is 0 Å². The van der Waals surface area contributed by atoms with Gasteiger partial charge in [0.2, 0.25) is 0 Å². The Balaban J connectivity index is 2.46. The van der Waals surface area contributed by atoms with Crippen LogP contribution in [0.3, 0.4) is 0 Å². The normalized spacial score (nSPS) is 32.8. The minimum absolute atomic E-state index is 0.110. The van der Waals surface area contributed by atoms with E-state index in [2.05, 4.69) is 4.74 Å². The number of rotatable bonds is 2. The maximum atomic E-state index is 13.1. The van der Waals surface area contributed by atoms with E-state index in [4.69, 9.17) is 10.0 Å². The van der Waals surface area contributed by atoms with Crippen LogP contribution < -0.4 is 0 Å². The smallest absolute Gasteiger partial charge is 0.427 e. The van der Waals surface area contributed by atoms with E-state index in [9.17, 15) is 17.6 Å². The average Bonchev–Trinajstić information content (AvgIpc) is 2.05. The topological polar surface area (TPSA) is 49.7 Å². The van der Waals surface area contributed by atoms with Crippen molar-refractivity contribution in [2.24, 2.45) is 0 Å². The lowest BCUT2D eigenvalue weighted by molar-refractivity contribution is -0.351. The molecule has 0 saturated heterocycles. The first kappa shape index (κ1) is 12.7. The first-order chi connectivity index (χ1) is 6.79. The minimum atomic E-state index is -4.85. The summed E-state index contributed by atoms with van der Waals surface area (Å²) in [6.07, 6.45) is -8.56. The summed E-state index contributed by atoms with van der Waals surface area (Å²) >= 11 is 0. The van der Waals surface area contributed by atoms with E-state index in [1.54, 1.807) is 0 Å². The Morgan fingerprint density at radius 3 is 2.20 bits per heavy atom. The van der Waals surface area contributed by atoms with E-state index in [-0.39, 0.29) is 19.3 Å². The highest BCUT2D eigenvalue weighted by atomic mass is 19.4. The van der Waals surface area contributed by atoms with Crippen LogP contribution >= 0.6 is 0 Å². The van der Waals surface area contributed by atoms with Crippen molar-refractivity contribution in [3.63, 3.8) is 0 Å². The lowest BCUT2D eigenvalue weighted by Gasteiger charge is -2.31. The minimum Gasteiger partial charge on any atom is -0.427 e. The van der Waals surface area contributed by atoms with Crippen molar-refractivity contribution in [1.82, 2.24) is 0 Å². The fraction of sp³-hybridized carbons (Fsp3) is 1.00. The molecule has 88 valence electrons. The second-order valence-corrected chi connectivity index (χ2v) is 3.60. The van der Waals surface area contributed by atoms with Gasteiger partial charge in [0.1, 0.15) is 6.17 Å². The molecule has 0 radical (unpaired) electrons. The maximum Gasteiger partial charge on any atom is 0.522 e. The number of ether oxygens (including phenoxy) is 1. The van der Waals surface area contributed by atoms with Crippen LogP contribution in [-0.4, -0.2) is 35.8 Å². The summed E-state index contributed by atoms with van der Waals surface area (Å²) in [5, 5.41) is 17.5. The average molecular weight is 230 g/mol. The van der Waals surface area contributed by atoms with Gasteiger partial charge in [0.15, 0.2) is 0 Å². The van der Waals surface area contributed by atoms with Crippen LogP contribution in [0.4, 0.5) is 17.6 Å². The third-order valence-corrected chi connectivity index (χ3v) is 2.46. The summed E-state index contributed by atoms with van der Waals surface area (Å²) in [6, 6.07) is 0. The molecule has 1 fully saturated rings. The lowest BCUT2D eigenvalue weighted by Crippen LogP contribution is -2.39. The lowest BCUT2D eigenvalue weighted by atomic mass is 9.64. The molecule has 0 heterocycles. The zero-order valence-electron chi connectivity index (χ0n) is 7.75. The monoisotopic (exact) mass is 230 g/mol. The van der Waals surface area contributed by atoms with Gasteiger partial charge in [-0.05, 0) is 25.1 Å². The molecule has 1 aliphatic carbocycles. The SMILES string of the molecule is OB(O)C1CCC(OC(F)(F)F)C(F)C1. The van der Waals surface area contributed by atoms with E-state index in [1.807, 2.05) is 0 Å². The largest absolute Gasteiger partial charge is 0.522 e. The molecule has 15 heavy (non-hydrogen) atoms. The number of hydrogen-bond donors (Lipinski definition) is 2. The number of hydrogen-bond acceptors (Lipinski definition) is 3. The predicted molar refractivity (Wildman–Crippen MR) is 43.6 cm³/mol. The molecule has 3 atom stereocenters. The number of halogens is 4. The van der Waals surface area contributed by atoms with E-state index in [0.29, 0.717) is 0 Å². The predicted octanol–water partition coefficient (Wildman–Crippen LogP) is 1.26. The van der Waals surface area contributed by atoms with Gasteiger partial charge in [-0.25, -0.2) is 4.39 Å². The highest BCUT2D eigenvalue weighted by Crippen LogP contribution is 2.36. The molecule has 3 nitrogen and oxygen atoms in total. The molecule has 0 aromatic heterocycles. The fourth-order valence-electron chi connectivity index (χ4n) is 1.69. The van der Waals surface area contributed by atoms with Gasteiger partial charge in [0.05, 0.1) is 6.10 Å². The van der Waals surface area contributed by atoms with E-state index >= 15 is 0 Å². The van der Waals surface area contributed by atoms with Gasteiger partial charge in [0, 0.05) is 0 Å². The van der Waals surface area contributed by atoms with Crippen LogP contribution in [0.25, 0.3) is 0 Å². The molecular weight excluding hydrogens is 219 g/mol. The summed E-state index contributed by atoms with van der Waals surface area (Å²) in [4.78, 5) is 0. The van der Waals surface area contributed by atoms with Gasteiger partial charge < -0.3 is 10.0 Å². The molecule has 0 aliphatic heterocycles. The zero-order valence-corrected chi connectivity index (χ0v) is 7.75. The van der Waals surface area contributed by atoms with E-state index in [1.165, 1.54) is 0 Å². The molecule has 0 bridgehead atoms. The molecule has 0 amide bonds. The Morgan fingerprint density at radius 1 is 1.20 bits per heavy atom. The molecule has 3 unspecified atom stereocenters. The summed E-state index contributed by atoms with van der Waals surface area (Å²) < 4.78 is 52.1. The molecule has 0 aromatic carbocycles. The van der Waals surface area contributed by atoms with Crippen LogP contribution in [0.15, 0.2) is 0 Å². The van der Waals surface area contributed by atoms with Crippen LogP contribution in [0, 0.1) is 0 Å². The summed E-state index contributed by atoms with van der Waals surface area (Å²) in [5.41, 5.74) is 0. The molecule has 0 aromatic rings. The van der Waals surface area contributed by atoms with Crippen molar-refractivity contribution in [3.05, 3.63) is 0 Å². The second-order valence-electron chi connectivity index (χ2n) is 3.60. The molecule has 0 spiro atoms. The maximum absolute atomic E-state index is 13.1. The van der Waals surface area contributed by atoms with Gasteiger partial charge in [-0.2, -0.15) is 0 Å². The first-order valence-electron chi connectivity index (χ1n) is 4.54. The molecule has 8 heteroatoms. The second kappa shape index (κ2) is 4.67. The van der Waals surface area contributed by atoms with E-state index in [0.717, 1.165) is 0 Å². The van der Waals surface area contributed by atoms with E-state index < -0.39 is 31.6 Å². The van der Waals surface area contributed by atoms with Crippen LogP contribution in [0.1, 0.15) is 19.3 Å². The first-order valence-corrected chi connectivity index (χ1v) is 4.54. The highest BCUT2D eigenvalue weighted by Gasteiger charge is 2.42. The Morgan fingerprint density at radius 2 is 1.80 bits per heavy atom. The molecular formula is C7H11BF4O3.